The molecule has 34 heavy (non-hydrogen) atoms. The van der Waals surface area contributed by atoms with Gasteiger partial charge in [0.15, 0.2) is 0 Å². The van der Waals surface area contributed by atoms with Crippen LogP contribution in [0.4, 0.5) is 15.4 Å². The first-order valence-electron chi connectivity index (χ1n) is 11.2. The number of hydrogen-bond donors (Lipinski definition) is 3. The van der Waals surface area contributed by atoms with Gasteiger partial charge in [0.1, 0.15) is 11.4 Å². The normalized spacial score (nSPS) is 14.6. The molecule has 0 atom stereocenters. The van der Waals surface area contributed by atoms with Gasteiger partial charge in [0.2, 0.25) is 0 Å². The van der Waals surface area contributed by atoms with E-state index >= 15 is 0 Å². The summed E-state index contributed by atoms with van der Waals surface area (Å²) in [7, 11) is 0. The molecule has 0 aliphatic heterocycles. The van der Waals surface area contributed by atoms with Gasteiger partial charge in [-0.2, -0.15) is 0 Å². The molecular formula is C26H28N4O4. The first-order valence-corrected chi connectivity index (χ1v) is 11.2. The van der Waals surface area contributed by atoms with E-state index in [1.54, 1.807) is 18.5 Å². The standard InChI is InChI=1S/C26H28N4O4/c1-25(2,3)34-24(33)30-26(12-6-13-26)18-10-8-17(9-11-18)20-16-28-22(29-23(31)32)15-19(20)21-7-4-5-14-27-21/h4-5,7-11,14-16H,6,12-13H2,1-3H3,(H,28,29)(H,30,33)(H,31,32). The van der Waals surface area contributed by atoms with E-state index in [9.17, 15) is 9.59 Å². The fraction of sp³-hybridized carbons (Fsp3) is 0.308. The molecule has 1 aliphatic rings. The molecule has 1 saturated carbocycles. The Morgan fingerprint density at radius 3 is 2.32 bits per heavy atom. The Kier molecular flexibility index (Phi) is 6.24. The Morgan fingerprint density at radius 1 is 1.03 bits per heavy atom. The van der Waals surface area contributed by atoms with Crippen LogP contribution in [0.1, 0.15) is 45.6 Å². The molecule has 3 aromatic rings. The number of carboxylic acid groups (broad SMARTS) is 1. The minimum Gasteiger partial charge on any atom is -0.465 e. The molecule has 0 radical (unpaired) electrons. The quantitative estimate of drug-likeness (QED) is 0.443. The maximum absolute atomic E-state index is 12.4. The summed E-state index contributed by atoms with van der Waals surface area (Å²) in [6.07, 6.45) is 4.46. The third kappa shape index (κ3) is 5.17. The number of anilines is 1. The summed E-state index contributed by atoms with van der Waals surface area (Å²) in [4.78, 5) is 32.2. The number of nitrogens with one attached hydrogen (secondary N) is 2. The van der Waals surface area contributed by atoms with Crippen LogP contribution in [0.25, 0.3) is 22.4 Å². The number of benzene rings is 1. The Labute approximate surface area is 198 Å². The third-order valence-electron chi connectivity index (χ3n) is 5.78. The summed E-state index contributed by atoms with van der Waals surface area (Å²) >= 11 is 0. The van der Waals surface area contributed by atoms with Gasteiger partial charge in [-0.05, 0) is 69.4 Å². The van der Waals surface area contributed by atoms with E-state index in [1.165, 1.54) is 0 Å². The van der Waals surface area contributed by atoms with Crippen molar-refractivity contribution in [2.24, 2.45) is 0 Å². The summed E-state index contributed by atoms with van der Waals surface area (Å²) in [6, 6.07) is 15.2. The van der Waals surface area contributed by atoms with Crippen molar-refractivity contribution in [1.29, 1.82) is 0 Å². The van der Waals surface area contributed by atoms with E-state index in [4.69, 9.17) is 9.84 Å². The van der Waals surface area contributed by atoms with Crippen molar-refractivity contribution in [3.05, 3.63) is 66.5 Å². The smallest absolute Gasteiger partial charge is 0.410 e. The van der Waals surface area contributed by atoms with Crippen LogP contribution >= 0.6 is 0 Å². The number of ether oxygens (including phenoxy) is 1. The number of carbonyl (C=O) groups is 2. The van der Waals surface area contributed by atoms with Gasteiger partial charge >= 0.3 is 12.2 Å². The first-order chi connectivity index (χ1) is 16.2. The minimum absolute atomic E-state index is 0.225. The molecule has 2 aromatic heterocycles. The van der Waals surface area contributed by atoms with Crippen LogP contribution in [0.15, 0.2) is 60.9 Å². The van der Waals surface area contributed by atoms with Crippen LogP contribution < -0.4 is 10.6 Å². The Balaban J connectivity index is 1.65. The van der Waals surface area contributed by atoms with Crippen LogP contribution in [0.2, 0.25) is 0 Å². The predicted molar refractivity (Wildman–Crippen MR) is 129 cm³/mol. The van der Waals surface area contributed by atoms with Gasteiger partial charge in [-0.3, -0.25) is 10.3 Å². The lowest BCUT2D eigenvalue weighted by Gasteiger charge is -2.43. The maximum Gasteiger partial charge on any atom is 0.410 e. The second kappa shape index (κ2) is 9.13. The zero-order valence-corrected chi connectivity index (χ0v) is 19.5. The third-order valence-corrected chi connectivity index (χ3v) is 5.78. The summed E-state index contributed by atoms with van der Waals surface area (Å²) in [6.45, 7) is 5.54. The number of hydrogen-bond acceptors (Lipinski definition) is 5. The van der Waals surface area contributed by atoms with E-state index in [-0.39, 0.29) is 5.82 Å². The van der Waals surface area contributed by atoms with Gasteiger partial charge in [-0.1, -0.05) is 30.3 Å². The summed E-state index contributed by atoms with van der Waals surface area (Å²) < 4.78 is 5.47. The minimum atomic E-state index is -1.18. The Morgan fingerprint density at radius 2 is 1.76 bits per heavy atom. The maximum atomic E-state index is 12.4. The average Bonchev–Trinajstić information content (AvgIpc) is 2.75. The highest BCUT2D eigenvalue weighted by Crippen LogP contribution is 2.42. The zero-order valence-electron chi connectivity index (χ0n) is 19.5. The molecule has 0 bridgehead atoms. The van der Waals surface area contributed by atoms with Gasteiger partial charge in [0.25, 0.3) is 0 Å². The molecule has 1 aliphatic carbocycles. The number of amides is 2. The molecule has 176 valence electrons. The second-order valence-corrected chi connectivity index (χ2v) is 9.40. The largest absolute Gasteiger partial charge is 0.465 e. The molecule has 0 spiro atoms. The van der Waals surface area contributed by atoms with Gasteiger partial charge in [-0.15, -0.1) is 0 Å². The van der Waals surface area contributed by atoms with Crippen molar-refractivity contribution in [3.63, 3.8) is 0 Å². The molecule has 4 rings (SSSR count). The van der Waals surface area contributed by atoms with E-state index in [0.29, 0.717) is 5.69 Å². The Bertz CT molecular complexity index is 1180. The second-order valence-electron chi connectivity index (χ2n) is 9.40. The molecular weight excluding hydrogens is 432 g/mol. The lowest BCUT2D eigenvalue weighted by atomic mass is 9.71. The van der Waals surface area contributed by atoms with Gasteiger partial charge < -0.3 is 15.2 Å². The molecule has 2 amide bonds. The van der Waals surface area contributed by atoms with Crippen LogP contribution in [0.5, 0.6) is 0 Å². The van der Waals surface area contributed by atoms with Crippen molar-refractivity contribution in [2.75, 3.05) is 5.32 Å². The number of aromatic nitrogens is 2. The van der Waals surface area contributed by atoms with Crippen LogP contribution in [0, 0.1) is 0 Å². The molecule has 8 nitrogen and oxygen atoms in total. The topological polar surface area (TPSA) is 113 Å². The van der Waals surface area contributed by atoms with Crippen LogP contribution in [-0.2, 0) is 10.3 Å². The lowest BCUT2D eigenvalue weighted by Crippen LogP contribution is -2.52. The van der Waals surface area contributed by atoms with E-state index in [1.807, 2.05) is 63.2 Å². The highest BCUT2D eigenvalue weighted by molar-refractivity contribution is 5.87. The van der Waals surface area contributed by atoms with E-state index in [2.05, 4.69) is 20.6 Å². The molecule has 1 fully saturated rings. The van der Waals surface area contributed by atoms with Crippen molar-refractivity contribution in [3.8, 4) is 22.4 Å². The number of carbonyl (C=O) groups excluding carboxylic acids is 1. The highest BCUT2D eigenvalue weighted by atomic mass is 16.6. The number of nitrogens with zero attached hydrogens (tertiary/aromatic N) is 2. The fourth-order valence-electron chi connectivity index (χ4n) is 4.08. The number of alkyl carbamates (subject to hydrolysis) is 1. The summed E-state index contributed by atoms with van der Waals surface area (Å²) in [5.41, 5.74) is 3.23. The van der Waals surface area contributed by atoms with Crippen molar-refractivity contribution < 1.29 is 19.4 Å². The lowest BCUT2D eigenvalue weighted by molar-refractivity contribution is 0.0377. The van der Waals surface area contributed by atoms with Gasteiger partial charge in [0, 0.05) is 23.5 Å². The van der Waals surface area contributed by atoms with Crippen LogP contribution in [-0.4, -0.2) is 32.9 Å². The monoisotopic (exact) mass is 460 g/mol. The predicted octanol–water partition coefficient (Wildman–Crippen LogP) is 5.80. The van der Waals surface area contributed by atoms with Crippen molar-refractivity contribution in [1.82, 2.24) is 15.3 Å². The van der Waals surface area contributed by atoms with Gasteiger partial charge in [0.05, 0.1) is 11.2 Å². The van der Waals surface area contributed by atoms with E-state index < -0.39 is 23.3 Å². The molecule has 1 aromatic carbocycles. The SMILES string of the molecule is CC(C)(C)OC(=O)NC1(c2ccc(-c3cnc(NC(=O)O)cc3-c3ccccn3)cc2)CCC1. The van der Waals surface area contributed by atoms with Crippen LogP contribution in [0.3, 0.4) is 0 Å². The zero-order chi connectivity index (χ0) is 24.3. The Hall–Kier alpha value is -3.94. The van der Waals surface area contributed by atoms with E-state index in [0.717, 1.165) is 41.5 Å². The van der Waals surface area contributed by atoms with Crippen molar-refractivity contribution in [2.45, 2.75) is 51.2 Å². The summed E-state index contributed by atoms with van der Waals surface area (Å²) in [5, 5.41) is 14.4. The number of rotatable bonds is 5. The van der Waals surface area contributed by atoms with Crippen molar-refractivity contribution >= 4 is 18.0 Å². The molecule has 0 saturated heterocycles. The molecule has 3 N–H and O–H groups in total. The first kappa shape index (κ1) is 23.2. The number of pyridine rings is 2. The average molecular weight is 461 g/mol. The van der Waals surface area contributed by atoms with Gasteiger partial charge in [-0.25, -0.2) is 14.6 Å². The molecule has 8 heteroatoms. The highest BCUT2D eigenvalue weighted by Gasteiger charge is 2.41. The summed E-state index contributed by atoms with van der Waals surface area (Å²) in [5.74, 6) is 0.225. The fourth-order valence-corrected chi connectivity index (χ4v) is 4.08. The molecule has 2 heterocycles. The molecule has 0 unspecified atom stereocenters.